The van der Waals surface area contributed by atoms with Crippen molar-refractivity contribution in [2.45, 2.75) is 38.5 Å². The van der Waals surface area contributed by atoms with E-state index in [9.17, 15) is 22.4 Å². The SMILES string of the molecule is CCn1cc(C(CC(=O)NCc2cccc(C(F)(F)F)c2)c2cccc(F)c2)c2ccccc21. The minimum Gasteiger partial charge on any atom is -0.352 e. The molecule has 7 heteroatoms. The Morgan fingerprint density at radius 3 is 2.50 bits per heavy atom. The first-order valence-corrected chi connectivity index (χ1v) is 11.0. The van der Waals surface area contributed by atoms with Gasteiger partial charge in [0.25, 0.3) is 0 Å². The Balaban J connectivity index is 1.61. The standard InChI is InChI=1S/C27H24F4N2O/c1-2-33-17-24(22-11-3-4-12-25(22)33)23(19-8-6-10-21(28)14-19)15-26(34)32-16-18-7-5-9-20(13-18)27(29,30)31/h3-14,17,23H,2,15-16H2,1H3,(H,32,34). The number of carbonyl (C=O) groups excluding carboxylic acids is 1. The number of nitrogens with one attached hydrogen (secondary N) is 1. The lowest BCUT2D eigenvalue weighted by Gasteiger charge is -2.18. The van der Waals surface area contributed by atoms with Crippen LogP contribution in [-0.4, -0.2) is 10.5 Å². The zero-order valence-electron chi connectivity index (χ0n) is 18.6. The Morgan fingerprint density at radius 1 is 1.00 bits per heavy atom. The summed E-state index contributed by atoms with van der Waals surface area (Å²) in [5.74, 6) is -1.15. The van der Waals surface area contributed by atoms with E-state index in [4.69, 9.17) is 0 Å². The van der Waals surface area contributed by atoms with Crippen LogP contribution in [0.5, 0.6) is 0 Å². The Kier molecular flexibility index (Phi) is 6.72. The summed E-state index contributed by atoms with van der Waals surface area (Å²) in [4.78, 5) is 12.9. The normalized spacial score (nSPS) is 12.6. The first kappa shape index (κ1) is 23.5. The number of hydrogen-bond donors (Lipinski definition) is 1. The van der Waals surface area contributed by atoms with Gasteiger partial charge < -0.3 is 9.88 Å². The average molecular weight is 468 g/mol. The van der Waals surface area contributed by atoms with Crippen molar-refractivity contribution in [1.29, 1.82) is 0 Å². The van der Waals surface area contributed by atoms with Crippen molar-refractivity contribution in [3.05, 3.63) is 107 Å². The fourth-order valence-electron chi connectivity index (χ4n) is 4.26. The van der Waals surface area contributed by atoms with Crippen LogP contribution in [0, 0.1) is 5.82 Å². The lowest BCUT2D eigenvalue weighted by Crippen LogP contribution is -2.25. The Bertz CT molecular complexity index is 1310. The van der Waals surface area contributed by atoms with Gasteiger partial charge in [-0.2, -0.15) is 13.2 Å². The second-order valence-corrected chi connectivity index (χ2v) is 8.17. The highest BCUT2D eigenvalue weighted by Crippen LogP contribution is 2.35. The molecule has 0 aliphatic rings. The molecule has 0 saturated heterocycles. The summed E-state index contributed by atoms with van der Waals surface area (Å²) in [5, 5.41) is 3.70. The second-order valence-electron chi connectivity index (χ2n) is 8.17. The van der Waals surface area contributed by atoms with E-state index in [-0.39, 0.29) is 18.9 Å². The maximum Gasteiger partial charge on any atom is 0.416 e. The van der Waals surface area contributed by atoms with Crippen LogP contribution in [0.1, 0.15) is 41.5 Å². The molecule has 0 saturated carbocycles. The predicted octanol–water partition coefficient (Wildman–Crippen LogP) is 6.66. The van der Waals surface area contributed by atoms with E-state index < -0.39 is 23.5 Å². The zero-order valence-corrected chi connectivity index (χ0v) is 18.6. The summed E-state index contributed by atoms with van der Waals surface area (Å²) in [7, 11) is 0. The van der Waals surface area contributed by atoms with Gasteiger partial charge in [0.05, 0.1) is 5.56 Å². The zero-order chi connectivity index (χ0) is 24.3. The Labute approximate surface area is 195 Å². The quantitative estimate of drug-likeness (QED) is 0.303. The second kappa shape index (κ2) is 9.71. The molecule has 0 aliphatic heterocycles. The van der Waals surface area contributed by atoms with Crippen molar-refractivity contribution in [1.82, 2.24) is 9.88 Å². The van der Waals surface area contributed by atoms with E-state index in [1.165, 1.54) is 24.3 Å². The van der Waals surface area contributed by atoms with Gasteiger partial charge >= 0.3 is 6.18 Å². The van der Waals surface area contributed by atoms with E-state index in [0.717, 1.165) is 35.1 Å². The lowest BCUT2D eigenvalue weighted by atomic mass is 9.88. The average Bonchev–Trinajstić information content (AvgIpc) is 3.19. The Hall–Kier alpha value is -3.61. The maximum absolute atomic E-state index is 14.1. The molecule has 176 valence electrons. The van der Waals surface area contributed by atoms with Crippen molar-refractivity contribution in [3.8, 4) is 0 Å². The molecule has 1 aromatic heterocycles. The number of hydrogen-bond acceptors (Lipinski definition) is 1. The molecule has 4 aromatic rings. The van der Waals surface area contributed by atoms with Crippen molar-refractivity contribution < 1.29 is 22.4 Å². The first-order chi connectivity index (χ1) is 16.3. The molecule has 1 atom stereocenters. The number of aryl methyl sites for hydroxylation is 1. The smallest absolute Gasteiger partial charge is 0.352 e. The largest absolute Gasteiger partial charge is 0.416 e. The first-order valence-electron chi connectivity index (χ1n) is 11.0. The molecule has 3 aromatic carbocycles. The molecule has 0 radical (unpaired) electrons. The Morgan fingerprint density at radius 2 is 1.76 bits per heavy atom. The minimum atomic E-state index is -4.45. The van der Waals surface area contributed by atoms with Gasteiger partial charge in [-0.15, -0.1) is 0 Å². The van der Waals surface area contributed by atoms with Crippen molar-refractivity contribution in [3.63, 3.8) is 0 Å². The number of para-hydroxylation sites is 1. The molecule has 0 spiro atoms. The van der Waals surface area contributed by atoms with Gasteiger partial charge in [-0.1, -0.05) is 42.5 Å². The molecule has 0 bridgehead atoms. The molecule has 4 rings (SSSR count). The van der Waals surface area contributed by atoms with Gasteiger partial charge in [0.2, 0.25) is 5.91 Å². The molecule has 0 fully saturated rings. The molecule has 1 amide bonds. The van der Waals surface area contributed by atoms with Crippen LogP contribution >= 0.6 is 0 Å². The number of rotatable bonds is 7. The summed E-state index contributed by atoms with van der Waals surface area (Å²) in [5.41, 5.74) is 2.17. The molecule has 1 N–H and O–H groups in total. The number of aromatic nitrogens is 1. The summed E-state index contributed by atoms with van der Waals surface area (Å²) in [6.45, 7) is 2.72. The van der Waals surface area contributed by atoms with E-state index in [1.54, 1.807) is 12.1 Å². The van der Waals surface area contributed by atoms with Crippen LogP contribution in [-0.2, 0) is 24.1 Å². The van der Waals surface area contributed by atoms with Gasteiger partial charge in [-0.25, -0.2) is 4.39 Å². The lowest BCUT2D eigenvalue weighted by molar-refractivity contribution is -0.137. The number of amides is 1. The van der Waals surface area contributed by atoms with Crippen molar-refractivity contribution in [2.24, 2.45) is 0 Å². The maximum atomic E-state index is 14.1. The van der Waals surface area contributed by atoms with E-state index in [1.807, 2.05) is 37.4 Å². The van der Waals surface area contributed by atoms with Gasteiger partial charge in [-0.3, -0.25) is 4.79 Å². The van der Waals surface area contributed by atoms with Gasteiger partial charge in [0.1, 0.15) is 5.82 Å². The van der Waals surface area contributed by atoms with Crippen LogP contribution in [0.15, 0.2) is 79.0 Å². The van der Waals surface area contributed by atoms with Crippen molar-refractivity contribution >= 4 is 16.8 Å². The summed E-state index contributed by atoms with van der Waals surface area (Å²) in [6, 6.07) is 18.9. The highest BCUT2D eigenvalue weighted by Gasteiger charge is 2.30. The predicted molar refractivity (Wildman–Crippen MR) is 124 cm³/mol. The third-order valence-corrected chi connectivity index (χ3v) is 5.92. The third-order valence-electron chi connectivity index (χ3n) is 5.92. The molecule has 3 nitrogen and oxygen atoms in total. The number of nitrogens with zero attached hydrogens (tertiary/aromatic N) is 1. The van der Waals surface area contributed by atoms with Crippen LogP contribution in [0.2, 0.25) is 0 Å². The number of halogens is 4. The number of benzene rings is 3. The van der Waals surface area contributed by atoms with Crippen LogP contribution < -0.4 is 5.32 Å². The summed E-state index contributed by atoms with van der Waals surface area (Å²) < 4.78 is 55.1. The molecule has 34 heavy (non-hydrogen) atoms. The van der Waals surface area contributed by atoms with E-state index >= 15 is 0 Å². The van der Waals surface area contributed by atoms with Gasteiger partial charge in [0.15, 0.2) is 0 Å². The van der Waals surface area contributed by atoms with E-state index in [2.05, 4.69) is 9.88 Å². The monoisotopic (exact) mass is 468 g/mol. The number of fused-ring (bicyclic) bond motifs is 1. The van der Waals surface area contributed by atoms with Gasteiger partial charge in [-0.05, 0) is 53.9 Å². The van der Waals surface area contributed by atoms with Gasteiger partial charge in [0, 0.05) is 42.5 Å². The topological polar surface area (TPSA) is 34.0 Å². The van der Waals surface area contributed by atoms with Crippen molar-refractivity contribution in [2.75, 3.05) is 0 Å². The molecule has 1 unspecified atom stereocenters. The molecular weight excluding hydrogens is 444 g/mol. The third kappa shape index (κ3) is 5.14. The summed E-state index contributed by atoms with van der Waals surface area (Å²) >= 11 is 0. The number of alkyl halides is 3. The molecular formula is C27H24F4N2O. The van der Waals surface area contributed by atoms with Crippen LogP contribution in [0.25, 0.3) is 10.9 Å². The minimum absolute atomic E-state index is 0.0279. The fraction of sp³-hybridized carbons (Fsp3) is 0.222. The van der Waals surface area contributed by atoms with Crippen LogP contribution in [0.4, 0.5) is 17.6 Å². The fourth-order valence-corrected chi connectivity index (χ4v) is 4.26. The summed E-state index contributed by atoms with van der Waals surface area (Å²) in [6.07, 6.45) is -2.43. The highest BCUT2D eigenvalue weighted by molar-refractivity contribution is 5.86. The molecule has 0 aliphatic carbocycles. The number of carbonyl (C=O) groups is 1. The highest BCUT2D eigenvalue weighted by atomic mass is 19.4. The van der Waals surface area contributed by atoms with E-state index in [0.29, 0.717) is 11.1 Å². The molecule has 1 heterocycles. The van der Waals surface area contributed by atoms with Crippen LogP contribution in [0.3, 0.4) is 0 Å².